The minimum absolute atomic E-state index is 0.000324. The molecule has 4 amide bonds. The smallest absolute Gasteiger partial charge is 0.358 e. The largest absolute Gasteiger partial charge is 0.416 e. The average molecular weight is 1050 g/mol. The van der Waals surface area contributed by atoms with Crippen LogP contribution in [0.4, 0.5) is 32.2 Å². The minimum atomic E-state index is -4.50. The second kappa shape index (κ2) is 23.0. The standard InChI is InChI=1S/C25H33F3N6O2.C16H30N4O2.C9H4ClF3N2/c1-14(35)31-20-12-16(33-24(2,3)4)6-8-21(20)34-10-9-19(23(34)36)32-22-17-11-15(25(26,27)28)5-7-18(17)29-13-30-22;1-10(21)18-13-9-11(19-16(2,3)4)5-6-14(13)20-8-7-12(17)15(20)22;10-8-6-3-5(9(11,12)13)1-2-7(6)14-4-15-8/h5,7,11,13,16,19-21,33H,6,8-10,12H2,1-4H3,(H,31,35)(H,29,30,32);11-14,19H,5-9,17H2,1-4H3,(H,18,21);1-4H/t16-,19+,20-,21?;11-,12+,13-,14?;/m11./s1. The number of aromatic nitrogens is 4. The molecule has 0 bridgehead atoms. The molecule has 23 heteroatoms. The summed E-state index contributed by atoms with van der Waals surface area (Å²) in [6.07, 6.45) is -0.131. The van der Waals surface area contributed by atoms with E-state index in [4.69, 9.17) is 17.3 Å². The van der Waals surface area contributed by atoms with Crippen LogP contribution in [-0.4, -0.2) is 126 Å². The van der Waals surface area contributed by atoms with Gasteiger partial charge in [-0.2, -0.15) is 26.3 Å². The lowest BCUT2D eigenvalue weighted by Crippen LogP contribution is -2.59. The van der Waals surface area contributed by atoms with Crippen molar-refractivity contribution < 1.29 is 45.5 Å². The van der Waals surface area contributed by atoms with Crippen molar-refractivity contribution in [1.82, 2.24) is 51.0 Å². The first-order chi connectivity index (χ1) is 34.0. The van der Waals surface area contributed by atoms with E-state index in [1.54, 1.807) is 4.90 Å². The summed E-state index contributed by atoms with van der Waals surface area (Å²) in [6, 6.07) is 5.79. The third-order valence-corrected chi connectivity index (χ3v) is 13.5. The van der Waals surface area contributed by atoms with Crippen molar-refractivity contribution in [3.8, 4) is 0 Å². The van der Waals surface area contributed by atoms with Gasteiger partial charge in [-0.15, -0.1) is 0 Å². The van der Waals surface area contributed by atoms with Crippen molar-refractivity contribution in [3.63, 3.8) is 0 Å². The molecule has 0 spiro atoms. The van der Waals surface area contributed by atoms with Crippen LogP contribution in [0.25, 0.3) is 21.8 Å². The Hall–Kier alpha value is -5.45. The number of anilines is 1. The fourth-order valence-electron chi connectivity index (χ4n) is 10.3. The van der Waals surface area contributed by atoms with Gasteiger partial charge < -0.3 is 42.1 Å². The van der Waals surface area contributed by atoms with Gasteiger partial charge in [0.1, 0.15) is 29.7 Å². The number of likely N-dealkylation sites (tertiary alicyclic amines) is 2. The summed E-state index contributed by atoms with van der Waals surface area (Å²) in [4.78, 5) is 68.4. The molecule has 16 nitrogen and oxygen atoms in total. The van der Waals surface area contributed by atoms with E-state index >= 15 is 0 Å². The topological polar surface area (TPSA) is 212 Å². The number of carbonyl (C=O) groups excluding carboxylic acids is 4. The van der Waals surface area contributed by atoms with Gasteiger partial charge in [0.2, 0.25) is 23.6 Å². The molecule has 0 radical (unpaired) electrons. The molecule has 4 heterocycles. The molecule has 2 aromatic carbocycles. The highest BCUT2D eigenvalue weighted by Crippen LogP contribution is 2.36. The van der Waals surface area contributed by atoms with Crippen molar-refractivity contribution in [3.05, 3.63) is 65.3 Å². The van der Waals surface area contributed by atoms with E-state index in [2.05, 4.69) is 88.1 Å². The zero-order valence-corrected chi connectivity index (χ0v) is 43.1. The van der Waals surface area contributed by atoms with Crippen LogP contribution in [0, 0.1) is 0 Å². The monoisotopic (exact) mass is 1050 g/mol. The molecule has 73 heavy (non-hydrogen) atoms. The van der Waals surface area contributed by atoms with E-state index < -0.39 is 29.5 Å². The van der Waals surface area contributed by atoms with Crippen LogP contribution in [0.5, 0.6) is 0 Å². The van der Waals surface area contributed by atoms with Gasteiger partial charge in [-0.05, 0) is 129 Å². The summed E-state index contributed by atoms with van der Waals surface area (Å²) in [5, 5.41) is 16.8. The Morgan fingerprint density at radius 3 is 1.53 bits per heavy atom. The molecule has 2 saturated heterocycles. The molecule has 2 aliphatic carbocycles. The number of nitrogens with zero attached hydrogens (tertiary/aromatic N) is 6. The predicted molar refractivity (Wildman–Crippen MR) is 266 cm³/mol. The average Bonchev–Trinajstić information content (AvgIpc) is 3.80. The second-order valence-corrected chi connectivity index (χ2v) is 21.7. The van der Waals surface area contributed by atoms with Crippen LogP contribution < -0.4 is 32.3 Å². The number of alkyl halides is 6. The fourth-order valence-corrected chi connectivity index (χ4v) is 10.5. The maximum atomic E-state index is 13.4. The van der Waals surface area contributed by atoms with Gasteiger partial charge in [0.15, 0.2) is 0 Å². The molecule has 4 aliphatic rings. The zero-order chi connectivity index (χ0) is 53.8. The molecular formula is C50H67ClF6N12O4. The van der Waals surface area contributed by atoms with Crippen molar-refractivity contribution in [2.24, 2.45) is 5.73 Å². The number of benzene rings is 2. The maximum absolute atomic E-state index is 13.4. The Morgan fingerprint density at radius 2 is 1.08 bits per heavy atom. The van der Waals surface area contributed by atoms with Crippen LogP contribution >= 0.6 is 11.6 Å². The first kappa shape index (κ1) is 56.8. The Labute approximate surface area is 426 Å². The highest BCUT2D eigenvalue weighted by molar-refractivity contribution is 6.34. The Balaban J connectivity index is 0.000000198. The molecule has 2 aromatic heterocycles. The molecule has 7 N–H and O–H groups in total. The van der Waals surface area contributed by atoms with E-state index in [-0.39, 0.29) is 92.7 Å². The van der Waals surface area contributed by atoms with Gasteiger partial charge in [-0.25, -0.2) is 19.9 Å². The first-order valence-corrected chi connectivity index (χ1v) is 24.9. The second-order valence-electron chi connectivity index (χ2n) is 21.3. The minimum Gasteiger partial charge on any atom is -0.358 e. The zero-order valence-electron chi connectivity index (χ0n) is 42.3. The number of amides is 4. The van der Waals surface area contributed by atoms with Gasteiger partial charge in [0, 0.05) is 60.9 Å². The molecule has 4 aromatic rings. The van der Waals surface area contributed by atoms with Crippen molar-refractivity contribution in [2.75, 3.05) is 18.4 Å². The summed E-state index contributed by atoms with van der Waals surface area (Å²) in [7, 11) is 0. The van der Waals surface area contributed by atoms with Crippen molar-refractivity contribution in [2.45, 2.75) is 179 Å². The van der Waals surface area contributed by atoms with Crippen LogP contribution in [0.1, 0.15) is 118 Å². The van der Waals surface area contributed by atoms with Gasteiger partial charge in [0.25, 0.3) is 0 Å². The number of halogens is 7. The van der Waals surface area contributed by atoms with E-state index in [1.807, 2.05) is 4.90 Å². The van der Waals surface area contributed by atoms with Crippen LogP contribution in [-0.2, 0) is 31.5 Å². The number of fused-ring (bicyclic) bond motifs is 2. The van der Waals surface area contributed by atoms with E-state index in [0.29, 0.717) is 49.4 Å². The lowest BCUT2D eigenvalue weighted by molar-refractivity contribution is -0.138. The SMILES string of the molecule is CC(=O)N[C@@H]1C[C@H](NC(C)(C)C)CCC1N1CC[C@H](N)C1=O.CC(=O)N[C@@H]1C[C@H](NC(C)(C)C)CCC1N1CC[C@H](Nc2ncnc3ccc(C(F)(F)F)cc23)C1=O.FC(F)(F)c1ccc2ncnc(Cl)c2c1. The molecule has 2 aliphatic heterocycles. The van der Waals surface area contributed by atoms with Crippen LogP contribution in [0.2, 0.25) is 5.15 Å². The lowest BCUT2D eigenvalue weighted by Gasteiger charge is -2.43. The van der Waals surface area contributed by atoms with Crippen molar-refractivity contribution >= 4 is 62.9 Å². The predicted octanol–water partition coefficient (Wildman–Crippen LogP) is 7.14. The number of hydrogen-bond donors (Lipinski definition) is 6. The molecule has 2 unspecified atom stereocenters. The third-order valence-electron chi connectivity index (χ3n) is 13.2. The summed E-state index contributed by atoms with van der Waals surface area (Å²) < 4.78 is 76.9. The first-order valence-electron chi connectivity index (χ1n) is 24.5. The van der Waals surface area contributed by atoms with E-state index in [9.17, 15) is 45.5 Å². The molecular weight excluding hydrogens is 982 g/mol. The maximum Gasteiger partial charge on any atom is 0.416 e. The molecule has 8 rings (SSSR count). The lowest BCUT2D eigenvalue weighted by atomic mass is 9.84. The van der Waals surface area contributed by atoms with Crippen LogP contribution in [0.15, 0.2) is 49.1 Å². The summed E-state index contributed by atoms with van der Waals surface area (Å²) >= 11 is 5.66. The molecule has 400 valence electrons. The molecule has 8 atom stereocenters. The van der Waals surface area contributed by atoms with Gasteiger partial charge in [-0.3, -0.25) is 19.2 Å². The van der Waals surface area contributed by atoms with Gasteiger partial charge in [0.05, 0.1) is 52.4 Å². The van der Waals surface area contributed by atoms with Gasteiger partial charge >= 0.3 is 12.4 Å². The van der Waals surface area contributed by atoms with E-state index in [1.165, 1.54) is 38.6 Å². The number of nitrogens with one attached hydrogen (secondary N) is 5. The summed E-state index contributed by atoms with van der Waals surface area (Å²) in [6.45, 7) is 17.0. The number of nitrogens with two attached hydrogens (primary N) is 1. The number of hydrogen-bond acceptors (Lipinski definition) is 12. The molecule has 4 fully saturated rings. The Morgan fingerprint density at radius 1 is 0.630 bits per heavy atom. The van der Waals surface area contributed by atoms with Gasteiger partial charge in [-0.1, -0.05) is 11.6 Å². The van der Waals surface area contributed by atoms with Crippen LogP contribution in [0.3, 0.4) is 0 Å². The third kappa shape index (κ3) is 15.3. The normalized spacial score (nSPS) is 24.9. The van der Waals surface area contributed by atoms with E-state index in [0.717, 1.165) is 56.4 Å². The Bertz CT molecular complexity index is 2610. The molecule has 2 saturated carbocycles. The number of carbonyl (C=O) groups is 4. The Kier molecular flexibility index (Phi) is 17.9. The van der Waals surface area contributed by atoms with Crippen molar-refractivity contribution in [1.29, 1.82) is 0 Å². The highest BCUT2D eigenvalue weighted by Gasteiger charge is 2.44. The number of rotatable bonds is 8. The summed E-state index contributed by atoms with van der Waals surface area (Å²) in [5.41, 5.74) is 5.01. The summed E-state index contributed by atoms with van der Waals surface area (Å²) in [5.74, 6) is -0.0975. The quantitative estimate of drug-likeness (QED) is 0.0769. The fraction of sp³-hybridized carbons (Fsp3) is 0.600. The highest BCUT2D eigenvalue weighted by atomic mass is 35.5.